The van der Waals surface area contributed by atoms with E-state index in [0.29, 0.717) is 6.54 Å². The fourth-order valence-electron chi connectivity index (χ4n) is 3.25. The van der Waals surface area contributed by atoms with Gasteiger partial charge in [-0.1, -0.05) is 18.2 Å². The Labute approximate surface area is 147 Å². The van der Waals surface area contributed by atoms with Crippen molar-refractivity contribution in [1.82, 2.24) is 3.93 Å². The minimum atomic E-state index is 0. The Kier molecular flexibility index (Phi) is 4.72. The van der Waals surface area contributed by atoms with Gasteiger partial charge >= 0.3 is 0 Å². The molecule has 122 valence electrons. The van der Waals surface area contributed by atoms with Gasteiger partial charge in [0.2, 0.25) is 0 Å². The second kappa shape index (κ2) is 6.60. The van der Waals surface area contributed by atoms with Gasteiger partial charge in [-0.2, -0.15) is 0 Å². The van der Waals surface area contributed by atoms with E-state index in [4.69, 9.17) is 0 Å². The average molecular weight is 396 g/mol. The summed E-state index contributed by atoms with van der Waals surface area (Å²) in [6.07, 6.45) is 1.19. The third-order valence-electron chi connectivity index (χ3n) is 4.19. The van der Waals surface area contributed by atoms with Gasteiger partial charge in [0.25, 0.3) is 0 Å². The minimum Gasteiger partial charge on any atom is -0.412 e. The number of thiophene rings is 1. The van der Waals surface area contributed by atoms with Crippen molar-refractivity contribution in [2.45, 2.75) is 12.7 Å². The second-order valence-corrected chi connectivity index (χ2v) is 7.39. The summed E-state index contributed by atoms with van der Waals surface area (Å²) >= 11 is 5.19. The van der Waals surface area contributed by atoms with Crippen LogP contribution in [-0.4, -0.2) is 41.1 Å². The van der Waals surface area contributed by atoms with Gasteiger partial charge in [-0.15, -0.1) is 11.3 Å². The lowest BCUT2D eigenvalue weighted by Crippen LogP contribution is -2.56. The number of nitrogens with zero attached hydrogens (tertiary/aromatic N) is 3. The first-order valence-corrected chi connectivity index (χ1v) is 8.96. The van der Waals surface area contributed by atoms with Gasteiger partial charge in [0, 0.05) is 29.2 Å². The summed E-state index contributed by atoms with van der Waals surface area (Å²) in [6, 6.07) is 12.2. The largest absolute Gasteiger partial charge is 0.412 e. The lowest BCUT2D eigenvalue weighted by atomic mass is 10.2. The Morgan fingerprint density at radius 2 is 1.96 bits per heavy atom. The minimum absolute atomic E-state index is 0. The number of para-hydroxylation sites is 2. The number of hydrogen-bond acceptors (Lipinski definition) is 5. The predicted molar refractivity (Wildman–Crippen MR) is 97.4 cm³/mol. The van der Waals surface area contributed by atoms with E-state index < -0.39 is 0 Å². The molecule has 5 nitrogen and oxygen atoms in total. The molecule has 7 heteroatoms. The highest BCUT2D eigenvalue weighted by atomic mass is 79.9. The molecular formula is C16H18BrN3O2S. The molecule has 1 atom stereocenters. The summed E-state index contributed by atoms with van der Waals surface area (Å²) in [5, 5.41) is 1.95. The molecule has 0 radical (unpaired) electrons. The Morgan fingerprint density at radius 1 is 1.17 bits per heavy atom. The van der Waals surface area contributed by atoms with Crippen LogP contribution < -0.4 is 9.80 Å². The first-order chi connectivity index (χ1) is 10.8. The molecule has 2 aliphatic heterocycles. The molecule has 1 aromatic heterocycles. The molecule has 2 N–H and O–H groups in total. The number of fused-ring (bicyclic) bond motifs is 3. The summed E-state index contributed by atoms with van der Waals surface area (Å²) in [5.41, 5.74) is 2.36. The van der Waals surface area contributed by atoms with Gasteiger partial charge in [0.05, 0.1) is 22.8 Å². The molecule has 2 aromatic rings. The molecule has 23 heavy (non-hydrogen) atoms. The van der Waals surface area contributed by atoms with E-state index in [2.05, 4.69) is 48.1 Å². The number of carbonyl (C=O) groups is 1. The van der Waals surface area contributed by atoms with Crippen LogP contribution in [0.2, 0.25) is 0 Å². The van der Waals surface area contributed by atoms with Crippen molar-refractivity contribution in [2.24, 2.45) is 0 Å². The zero-order chi connectivity index (χ0) is 15.1. The summed E-state index contributed by atoms with van der Waals surface area (Å²) in [7, 11) is 0. The highest BCUT2D eigenvalue weighted by molar-refractivity contribution is 9.07. The SMILES string of the molecule is O.O=C(CN1c2ccccc2N2CCCN(Br)C21)c1cccs1. The van der Waals surface area contributed by atoms with E-state index in [0.717, 1.165) is 30.1 Å². The van der Waals surface area contributed by atoms with E-state index in [-0.39, 0.29) is 17.5 Å². The third kappa shape index (κ3) is 2.78. The third-order valence-corrected chi connectivity index (χ3v) is 5.82. The Bertz CT molecular complexity index is 694. The van der Waals surface area contributed by atoms with Crippen molar-refractivity contribution in [1.29, 1.82) is 0 Å². The van der Waals surface area contributed by atoms with Crippen LogP contribution in [-0.2, 0) is 0 Å². The van der Waals surface area contributed by atoms with E-state index in [1.54, 1.807) is 0 Å². The van der Waals surface area contributed by atoms with Crippen LogP contribution in [0.4, 0.5) is 11.4 Å². The van der Waals surface area contributed by atoms with Crippen molar-refractivity contribution >= 4 is 44.6 Å². The first-order valence-electron chi connectivity index (χ1n) is 7.37. The monoisotopic (exact) mass is 395 g/mol. The van der Waals surface area contributed by atoms with Crippen LogP contribution in [0.3, 0.4) is 0 Å². The average Bonchev–Trinajstić information content (AvgIpc) is 3.16. The quantitative estimate of drug-likeness (QED) is 0.592. The van der Waals surface area contributed by atoms with Gasteiger partial charge in [-0.25, -0.2) is 3.93 Å². The van der Waals surface area contributed by atoms with Crippen LogP contribution in [0.1, 0.15) is 16.1 Å². The summed E-state index contributed by atoms with van der Waals surface area (Å²) in [4.78, 5) is 18.0. The maximum atomic E-state index is 12.6. The van der Waals surface area contributed by atoms with E-state index in [9.17, 15) is 4.79 Å². The maximum absolute atomic E-state index is 12.6. The van der Waals surface area contributed by atoms with Crippen molar-refractivity contribution in [3.8, 4) is 0 Å². The predicted octanol–water partition coefficient (Wildman–Crippen LogP) is 2.73. The number of rotatable bonds is 3. The van der Waals surface area contributed by atoms with Gasteiger partial charge in [-0.3, -0.25) is 4.79 Å². The number of carbonyl (C=O) groups excluding carboxylic acids is 1. The summed E-state index contributed by atoms with van der Waals surface area (Å²) in [6.45, 7) is 2.41. The molecule has 2 aliphatic rings. The van der Waals surface area contributed by atoms with Crippen molar-refractivity contribution in [2.75, 3.05) is 29.4 Å². The second-order valence-electron chi connectivity index (χ2n) is 5.53. The zero-order valence-electron chi connectivity index (χ0n) is 12.5. The molecule has 3 heterocycles. The Morgan fingerprint density at radius 3 is 2.70 bits per heavy atom. The zero-order valence-corrected chi connectivity index (χ0v) is 14.9. The summed E-state index contributed by atoms with van der Waals surface area (Å²) < 4.78 is 2.15. The normalized spacial score (nSPS) is 20.0. The van der Waals surface area contributed by atoms with E-state index in [1.165, 1.54) is 17.0 Å². The molecule has 1 unspecified atom stereocenters. The van der Waals surface area contributed by atoms with Crippen LogP contribution in [0.5, 0.6) is 0 Å². The molecule has 0 bridgehead atoms. The highest BCUT2D eigenvalue weighted by Crippen LogP contribution is 2.42. The molecule has 1 fully saturated rings. The maximum Gasteiger partial charge on any atom is 0.192 e. The van der Waals surface area contributed by atoms with Gasteiger partial charge in [0.15, 0.2) is 12.1 Å². The number of Topliss-reactive ketones (excluding diaryl/α,β-unsaturated/α-hetero) is 1. The Balaban J connectivity index is 0.00000156. The van der Waals surface area contributed by atoms with Gasteiger partial charge < -0.3 is 15.3 Å². The number of anilines is 2. The lowest BCUT2D eigenvalue weighted by Gasteiger charge is -2.41. The molecule has 1 aromatic carbocycles. The molecule has 0 spiro atoms. The fraction of sp³-hybridized carbons (Fsp3) is 0.312. The molecular weight excluding hydrogens is 378 g/mol. The molecule has 4 rings (SSSR count). The standard InChI is InChI=1S/C16H16BrN3OS.H2O/c17-20-9-4-8-18-12-5-1-2-6-13(12)19(16(18)20)11-14(21)15-7-3-10-22-15;/h1-3,5-7,10,16H,4,8-9,11H2;1H2. The van der Waals surface area contributed by atoms with Crippen molar-refractivity contribution < 1.29 is 10.3 Å². The van der Waals surface area contributed by atoms with Crippen LogP contribution in [0.25, 0.3) is 0 Å². The Hall–Kier alpha value is -1.41. The highest BCUT2D eigenvalue weighted by Gasteiger charge is 2.41. The number of ketones is 1. The number of benzene rings is 1. The number of halogens is 1. The van der Waals surface area contributed by atoms with E-state index >= 15 is 0 Å². The van der Waals surface area contributed by atoms with Gasteiger partial charge in [0.1, 0.15) is 0 Å². The first kappa shape index (κ1) is 16.4. The van der Waals surface area contributed by atoms with Gasteiger partial charge in [-0.05, 0) is 30.0 Å². The molecule has 0 aliphatic carbocycles. The van der Waals surface area contributed by atoms with E-state index in [1.807, 2.05) is 23.6 Å². The topological polar surface area (TPSA) is 58.3 Å². The molecule has 0 saturated carbocycles. The lowest BCUT2D eigenvalue weighted by molar-refractivity contribution is 0.0996. The molecule has 1 saturated heterocycles. The van der Waals surface area contributed by atoms with Crippen molar-refractivity contribution in [3.63, 3.8) is 0 Å². The summed E-state index contributed by atoms with van der Waals surface area (Å²) in [5.74, 6) is 0.179. The fourth-order valence-corrected chi connectivity index (χ4v) is 4.60. The van der Waals surface area contributed by atoms with Crippen LogP contribution >= 0.6 is 27.5 Å². The van der Waals surface area contributed by atoms with Crippen molar-refractivity contribution in [3.05, 3.63) is 46.7 Å². The molecule has 0 amide bonds. The number of hydrogen-bond donors (Lipinski definition) is 0. The smallest absolute Gasteiger partial charge is 0.192 e. The van der Waals surface area contributed by atoms with Crippen LogP contribution in [0.15, 0.2) is 41.8 Å². The van der Waals surface area contributed by atoms with Crippen LogP contribution in [0, 0.1) is 0 Å².